The third kappa shape index (κ3) is 4.80. The summed E-state index contributed by atoms with van der Waals surface area (Å²) in [4.78, 5) is 12.9. The van der Waals surface area contributed by atoms with Crippen LogP contribution >= 0.6 is 0 Å². The summed E-state index contributed by atoms with van der Waals surface area (Å²) < 4.78 is 32.9. The molecule has 0 fully saturated rings. The van der Waals surface area contributed by atoms with E-state index in [1.807, 2.05) is 25.1 Å². The summed E-state index contributed by atoms with van der Waals surface area (Å²) in [7, 11) is -2.41. The monoisotopic (exact) mass is 424 g/mol. The van der Waals surface area contributed by atoms with E-state index < -0.39 is 15.9 Å². The number of anilines is 2. The number of methoxy groups -OCH3 is 1. The first-order valence-corrected chi connectivity index (χ1v) is 11.0. The highest BCUT2D eigenvalue weighted by Gasteiger charge is 2.27. The molecule has 3 rings (SSSR count). The number of carbonyl (C=O) groups excluding carboxylic acids is 1. The number of hydrogen-bond donors (Lipinski definition) is 1. The predicted molar refractivity (Wildman–Crippen MR) is 118 cm³/mol. The summed E-state index contributed by atoms with van der Waals surface area (Å²) in [5.74, 6) is 0.170. The lowest BCUT2D eigenvalue weighted by molar-refractivity contribution is -0.114. The van der Waals surface area contributed by atoms with Crippen molar-refractivity contribution in [2.45, 2.75) is 18.2 Å². The molecule has 0 unspecified atom stereocenters. The van der Waals surface area contributed by atoms with E-state index in [9.17, 15) is 13.2 Å². The van der Waals surface area contributed by atoms with E-state index in [1.165, 1.54) is 19.2 Å². The van der Waals surface area contributed by atoms with Crippen molar-refractivity contribution in [3.05, 3.63) is 84.4 Å². The molecule has 6 nitrogen and oxygen atoms in total. The molecule has 0 spiro atoms. The number of rotatable bonds is 8. The second kappa shape index (κ2) is 9.45. The number of amides is 1. The summed E-state index contributed by atoms with van der Waals surface area (Å²) >= 11 is 0. The summed E-state index contributed by atoms with van der Waals surface area (Å²) in [5, 5.41) is 2.84. The van der Waals surface area contributed by atoms with Crippen molar-refractivity contribution < 1.29 is 17.9 Å². The van der Waals surface area contributed by atoms with Crippen LogP contribution in [0, 0.1) is 0 Å². The van der Waals surface area contributed by atoms with Gasteiger partial charge in [0.15, 0.2) is 0 Å². The Morgan fingerprint density at radius 1 is 0.933 bits per heavy atom. The van der Waals surface area contributed by atoms with Gasteiger partial charge in [-0.1, -0.05) is 43.3 Å². The molecule has 0 saturated carbocycles. The van der Waals surface area contributed by atoms with Gasteiger partial charge in [0.05, 0.1) is 17.7 Å². The number of carbonyl (C=O) groups is 1. The highest BCUT2D eigenvalue weighted by atomic mass is 32.2. The van der Waals surface area contributed by atoms with E-state index in [-0.39, 0.29) is 11.4 Å². The van der Waals surface area contributed by atoms with E-state index >= 15 is 0 Å². The Labute approximate surface area is 177 Å². The molecule has 0 saturated heterocycles. The van der Waals surface area contributed by atoms with Crippen molar-refractivity contribution in [1.82, 2.24) is 0 Å². The van der Waals surface area contributed by atoms with Crippen LogP contribution in [0.5, 0.6) is 5.75 Å². The van der Waals surface area contributed by atoms with Crippen molar-refractivity contribution in [2.24, 2.45) is 0 Å². The third-order valence-corrected chi connectivity index (χ3v) is 6.44. The zero-order valence-electron chi connectivity index (χ0n) is 16.9. The topological polar surface area (TPSA) is 75.7 Å². The first-order chi connectivity index (χ1) is 14.5. The first-order valence-electron chi connectivity index (χ1n) is 9.55. The summed E-state index contributed by atoms with van der Waals surface area (Å²) in [5.41, 5.74) is 2.03. The molecule has 3 aromatic carbocycles. The van der Waals surface area contributed by atoms with E-state index in [4.69, 9.17) is 4.74 Å². The second-order valence-corrected chi connectivity index (χ2v) is 8.44. The molecule has 0 aliphatic rings. The average molecular weight is 425 g/mol. The molecule has 156 valence electrons. The van der Waals surface area contributed by atoms with Gasteiger partial charge in [0, 0.05) is 5.69 Å². The van der Waals surface area contributed by atoms with Gasteiger partial charge in [0.25, 0.3) is 10.0 Å². The second-order valence-electron chi connectivity index (χ2n) is 6.58. The van der Waals surface area contributed by atoms with Crippen molar-refractivity contribution in [3.63, 3.8) is 0 Å². The van der Waals surface area contributed by atoms with Gasteiger partial charge in [0.2, 0.25) is 5.91 Å². The Morgan fingerprint density at radius 3 is 2.20 bits per heavy atom. The van der Waals surface area contributed by atoms with Crippen molar-refractivity contribution in [3.8, 4) is 5.75 Å². The molecule has 3 aromatic rings. The molecule has 7 heteroatoms. The van der Waals surface area contributed by atoms with Crippen molar-refractivity contribution in [2.75, 3.05) is 23.3 Å². The zero-order valence-corrected chi connectivity index (χ0v) is 17.7. The SMILES string of the molecule is CCc1ccccc1NC(=O)CN(c1ccc(OC)cc1)S(=O)(=O)c1ccccc1. The Hall–Kier alpha value is -3.32. The molecule has 0 heterocycles. The number of sulfonamides is 1. The minimum absolute atomic E-state index is 0.113. The standard InChI is InChI=1S/C23H24N2O4S/c1-3-18-9-7-8-12-22(18)24-23(26)17-25(19-13-15-20(29-2)16-14-19)30(27,28)21-10-5-4-6-11-21/h4-16H,3,17H2,1-2H3,(H,24,26). The largest absolute Gasteiger partial charge is 0.497 e. The molecule has 0 bridgehead atoms. The van der Waals surface area contributed by atoms with Crippen molar-refractivity contribution >= 4 is 27.3 Å². The number of aryl methyl sites for hydroxylation is 1. The van der Waals surface area contributed by atoms with Crippen LogP contribution in [0.25, 0.3) is 0 Å². The number of nitrogens with zero attached hydrogens (tertiary/aromatic N) is 1. The fourth-order valence-electron chi connectivity index (χ4n) is 3.05. The molecule has 0 radical (unpaired) electrons. The Morgan fingerprint density at radius 2 is 1.57 bits per heavy atom. The predicted octanol–water partition coefficient (Wildman–Crippen LogP) is 4.09. The fourth-order valence-corrected chi connectivity index (χ4v) is 4.50. The van der Waals surface area contributed by atoms with Crippen LogP contribution in [0.1, 0.15) is 12.5 Å². The van der Waals surface area contributed by atoms with Crippen LogP contribution in [0.15, 0.2) is 83.8 Å². The van der Waals surface area contributed by atoms with Gasteiger partial charge in [-0.05, 0) is 54.4 Å². The van der Waals surface area contributed by atoms with Crippen LogP contribution in [0.4, 0.5) is 11.4 Å². The highest BCUT2D eigenvalue weighted by molar-refractivity contribution is 7.92. The van der Waals surface area contributed by atoms with Crippen LogP contribution < -0.4 is 14.4 Å². The minimum Gasteiger partial charge on any atom is -0.497 e. The van der Waals surface area contributed by atoms with Crippen molar-refractivity contribution in [1.29, 1.82) is 0 Å². The van der Waals surface area contributed by atoms with Crippen LogP contribution in [-0.2, 0) is 21.2 Å². The molecule has 0 aliphatic carbocycles. The van der Waals surface area contributed by atoms with Gasteiger partial charge >= 0.3 is 0 Å². The van der Waals surface area contributed by atoms with E-state index in [0.29, 0.717) is 17.1 Å². The molecular weight excluding hydrogens is 400 g/mol. The number of benzene rings is 3. The smallest absolute Gasteiger partial charge is 0.264 e. The fraction of sp³-hybridized carbons (Fsp3) is 0.174. The highest BCUT2D eigenvalue weighted by Crippen LogP contribution is 2.26. The Kier molecular flexibility index (Phi) is 6.74. The maximum atomic E-state index is 13.3. The molecule has 0 aromatic heterocycles. The Balaban J connectivity index is 1.94. The van der Waals surface area contributed by atoms with Crippen LogP contribution in [0.2, 0.25) is 0 Å². The average Bonchev–Trinajstić information content (AvgIpc) is 2.78. The number of ether oxygens (including phenoxy) is 1. The van der Waals surface area contributed by atoms with Crippen LogP contribution in [-0.4, -0.2) is 28.0 Å². The summed E-state index contributed by atoms with van der Waals surface area (Å²) in [6.45, 7) is 1.64. The third-order valence-electron chi connectivity index (χ3n) is 4.65. The van der Waals surface area contributed by atoms with Gasteiger partial charge in [-0.3, -0.25) is 9.10 Å². The van der Waals surface area contributed by atoms with E-state index in [2.05, 4.69) is 5.32 Å². The Bertz CT molecular complexity index is 1100. The lowest BCUT2D eigenvalue weighted by Crippen LogP contribution is -2.38. The quantitative estimate of drug-likeness (QED) is 0.591. The summed E-state index contributed by atoms with van der Waals surface area (Å²) in [6, 6.07) is 22.1. The normalized spacial score (nSPS) is 11.0. The van der Waals surface area contributed by atoms with Crippen LogP contribution in [0.3, 0.4) is 0 Å². The molecule has 1 amide bonds. The van der Waals surface area contributed by atoms with Gasteiger partial charge in [-0.15, -0.1) is 0 Å². The number of hydrogen-bond acceptors (Lipinski definition) is 4. The van der Waals surface area contributed by atoms with Gasteiger partial charge in [-0.2, -0.15) is 0 Å². The molecule has 0 atom stereocenters. The number of para-hydroxylation sites is 1. The van der Waals surface area contributed by atoms with Gasteiger partial charge < -0.3 is 10.1 Å². The maximum Gasteiger partial charge on any atom is 0.264 e. The molecule has 30 heavy (non-hydrogen) atoms. The maximum absolute atomic E-state index is 13.3. The molecule has 1 N–H and O–H groups in total. The minimum atomic E-state index is -3.95. The van der Waals surface area contributed by atoms with E-state index in [1.54, 1.807) is 48.5 Å². The molecule has 0 aliphatic heterocycles. The van der Waals surface area contributed by atoms with Gasteiger partial charge in [-0.25, -0.2) is 8.42 Å². The lowest BCUT2D eigenvalue weighted by Gasteiger charge is -2.24. The van der Waals surface area contributed by atoms with Gasteiger partial charge in [0.1, 0.15) is 12.3 Å². The summed E-state index contributed by atoms with van der Waals surface area (Å²) in [6.07, 6.45) is 0.751. The molecular formula is C23H24N2O4S. The van der Waals surface area contributed by atoms with E-state index in [0.717, 1.165) is 16.3 Å². The first kappa shape index (κ1) is 21.4. The number of nitrogens with one attached hydrogen (secondary N) is 1. The lowest BCUT2D eigenvalue weighted by atomic mass is 10.1. The zero-order chi connectivity index (χ0) is 21.6.